The van der Waals surface area contributed by atoms with Crippen LogP contribution in [0.1, 0.15) is 38.5 Å². The second kappa shape index (κ2) is 4.78. The van der Waals surface area contributed by atoms with Crippen molar-refractivity contribution in [2.45, 2.75) is 38.5 Å². The van der Waals surface area contributed by atoms with Gasteiger partial charge in [-0.15, -0.1) is 0 Å². The molecule has 0 aromatic carbocycles. The van der Waals surface area contributed by atoms with E-state index in [9.17, 15) is 0 Å². The van der Waals surface area contributed by atoms with E-state index in [4.69, 9.17) is 17.3 Å². The summed E-state index contributed by atoms with van der Waals surface area (Å²) in [7, 11) is 0. The summed E-state index contributed by atoms with van der Waals surface area (Å²) in [4.78, 5) is 0. The molecule has 0 bridgehead atoms. The molecule has 0 heterocycles. The second-order valence-corrected chi connectivity index (χ2v) is 3.58. The maximum atomic E-state index is 6.06. The molecule has 0 fully saturated rings. The first-order chi connectivity index (χ1) is 5.34. The van der Waals surface area contributed by atoms with Crippen molar-refractivity contribution in [1.82, 2.24) is 0 Å². The third-order valence-corrected chi connectivity index (χ3v) is 2.71. The van der Waals surface area contributed by atoms with Gasteiger partial charge in [0.1, 0.15) is 0 Å². The van der Waals surface area contributed by atoms with Gasteiger partial charge in [0.25, 0.3) is 0 Å². The van der Waals surface area contributed by atoms with Crippen molar-refractivity contribution in [2.75, 3.05) is 6.54 Å². The number of halogens is 1. The molecule has 0 aromatic rings. The fourth-order valence-corrected chi connectivity index (χ4v) is 1.80. The molecule has 1 nitrogen and oxygen atoms in total. The molecule has 1 aliphatic rings. The normalized spacial score (nSPS) is 21.3. The molecule has 0 aliphatic heterocycles. The van der Waals surface area contributed by atoms with Gasteiger partial charge in [-0.3, -0.25) is 0 Å². The predicted molar refractivity (Wildman–Crippen MR) is 49.6 cm³/mol. The van der Waals surface area contributed by atoms with Crippen LogP contribution in [0.15, 0.2) is 10.6 Å². The summed E-state index contributed by atoms with van der Waals surface area (Å²) in [6.07, 6.45) is 7.34. The SMILES string of the molecule is NCC1=C(Cl)CCCCCC1. The zero-order chi connectivity index (χ0) is 8.10. The van der Waals surface area contributed by atoms with Crippen LogP contribution in [0, 0.1) is 0 Å². The van der Waals surface area contributed by atoms with Gasteiger partial charge in [-0.1, -0.05) is 24.4 Å². The zero-order valence-electron chi connectivity index (χ0n) is 6.91. The molecule has 0 saturated carbocycles. The van der Waals surface area contributed by atoms with Gasteiger partial charge >= 0.3 is 0 Å². The quantitative estimate of drug-likeness (QED) is 0.649. The first-order valence-corrected chi connectivity index (χ1v) is 4.79. The Labute approximate surface area is 73.6 Å². The highest BCUT2D eigenvalue weighted by Crippen LogP contribution is 2.24. The highest BCUT2D eigenvalue weighted by Gasteiger charge is 2.06. The molecule has 0 saturated heterocycles. The zero-order valence-corrected chi connectivity index (χ0v) is 7.66. The largest absolute Gasteiger partial charge is 0.327 e. The fourth-order valence-electron chi connectivity index (χ4n) is 1.50. The topological polar surface area (TPSA) is 26.0 Å². The van der Waals surface area contributed by atoms with Crippen LogP contribution in [0.5, 0.6) is 0 Å². The Balaban J connectivity index is 2.56. The smallest absolute Gasteiger partial charge is 0.0185 e. The van der Waals surface area contributed by atoms with Crippen LogP contribution < -0.4 is 5.73 Å². The third-order valence-electron chi connectivity index (χ3n) is 2.25. The van der Waals surface area contributed by atoms with Gasteiger partial charge in [-0.2, -0.15) is 0 Å². The molecule has 2 heteroatoms. The molecule has 1 aliphatic carbocycles. The lowest BCUT2D eigenvalue weighted by atomic mass is 10.00. The van der Waals surface area contributed by atoms with Crippen molar-refractivity contribution in [2.24, 2.45) is 5.73 Å². The summed E-state index contributed by atoms with van der Waals surface area (Å²) in [5.74, 6) is 0. The molecule has 0 unspecified atom stereocenters. The molecular formula is C9H16ClN. The maximum Gasteiger partial charge on any atom is 0.0185 e. The van der Waals surface area contributed by atoms with E-state index in [0.717, 1.165) is 17.9 Å². The van der Waals surface area contributed by atoms with Gasteiger partial charge < -0.3 is 5.73 Å². The van der Waals surface area contributed by atoms with E-state index in [2.05, 4.69) is 0 Å². The monoisotopic (exact) mass is 173 g/mol. The van der Waals surface area contributed by atoms with E-state index in [0.29, 0.717) is 6.54 Å². The summed E-state index contributed by atoms with van der Waals surface area (Å²) in [5.41, 5.74) is 6.86. The Bertz CT molecular complexity index is 152. The second-order valence-electron chi connectivity index (χ2n) is 3.13. The van der Waals surface area contributed by atoms with Crippen LogP contribution >= 0.6 is 11.6 Å². The molecule has 0 aromatic heterocycles. The Kier molecular flexibility index (Phi) is 3.95. The van der Waals surface area contributed by atoms with Crippen LogP contribution in [-0.2, 0) is 0 Å². The first-order valence-electron chi connectivity index (χ1n) is 4.41. The minimum atomic E-state index is 0.652. The first kappa shape index (κ1) is 9.08. The third kappa shape index (κ3) is 2.84. The lowest BCUT2D eigenvalue weighted by molar-refractivity contribution is 0.616. The summed E-state index contributed by atoms with van der Waals surface area (Å²) >= 11 is 6.06. The fraction of sp³-hybridized carbons (Fsp3) is 0.778. The number of hydrogen-bond acceptors (Lipinski definition) is 1. The lowest BCUT2D eigenvalue weighted by Gasteiger charge is -2.12. The van der Waals surface area contributed by atoms with E-state index < -0.39 is 0 Å². The van der Waals surface area contributed by atoms with Crippen LogP contribution in [0.25, 0.3) is 0 Å². The molecule has 0 atom stereocenters. The van der Waals surface area contributed by atoms with Crippen LogP contribution in [0.2, 0.25) is 0 Å². The van der Waals surface area contributed by atoms with Crippen molar-refractivity contribution >= 4 is 11.6 Å². The minimum Gasteiger partial charge on any atom is -0.327 e. The number of nitrogens with two attached hydrogens (primary N) is 1. The predicted octanol–water partition coefficient (Wildman–Crippen LogP) is 2.79. The van der Waals surface area contributed by atoms with Crippen molar-refractivity contribution < 1.29 is 0 Å². The molecule has 64 valence electrons. The summed E-state index contributed by atoms with van der Waals surface area (Å²) in [6, 6.07) is 0. The number of hydrogen-bond donors (Lipinski definition) is 1. The maximum absolute atomic E-state index is 6.06. The van der Waals surface area contributed by atoms with E-state index in [1.54, 1.807) is 0 Å². The molecule has 0 spiro atoms. The summed E-state index contributed by atoms with van der Waals surface area (Å²) < 4.78 is 0. The molecule has 11 heavy (non-hydrogen) atoms. The Hall–Kier alpha value is -0.0100. The number of rotatable bonds is 1. The standard InChI is InChI=1S/C9H16ClN/c10-9-6-4-2-1-3-5-8(9)7-11/h1-7,11H2. The van der Waals surface area contributed by atoms with Gasteiger partial charge in [0.05, 0.1) is 0 Å². The lowest BCUT2D eigenvalue weighted by Crippen LogP contribution is -2.06. The average molecular weight is 174 g/mol. The van der Waals surface area contributed by atoms with Crippen LogP contribution in [-0.4, -0.2) is 6.54 Å². The molecular weight excluding hydrogens is 158 g/mol. The van der Waals surface area contributed by atoms with Crippen LogP contribution in [0.4, 0.5) is 0 Å². The highest BCUT2D eigenvalue weighted by atomic mass is 35.5. The Morgan fingerprint density at radius 2 is 1.73 bits per heavy atom. The minimum absolute atomic E-state index is 0.652. The summed E-state index contributed by atoms with van der Waals surface area (Å²) in [5, 5.41) is 1.03. The molecule has 0 radical (unpaired) electrons. The molecule has 2 N–H and O–H groups in total. The molecule has 0 amide bonds. The van der Waals surface area contributed by atoms with Crippen molar-refractivity contribution in [1.29, 1.82) is 0 Å². The molecule has 1 rings (SSSR count). The van der Waals surface area contributed by atoms with Crippen molar-refractivity contribution in [3.63, 3.8) is 0 Å². The van der Waals surface area contributed by atoms with Gasteiger partial charge in [0, 0.05) is 11.6 Å². The Morgan fingerprint density at radius 3 is 2.36 bits per heavy atom. The van der Waals surface area contributed by atoms with Gasteiger partial charge in [0.15, 0.2) is 0 Å². The van der Waals surface area contributed by atoms with Crippen molar-refractivity contribution in [3.05, 3.63) is 10.6 Å². The summed E-state index contributed by atoms with van der Waals surface area (Å²) in [6.45, 7) is 0.652. The number of allylic oxidation sites excluding steroid dienone is 1. The average Bonchev–Trinajstić information content (AvgIpc) is 1.98. The van der Waals surface area contributed by atoms with E-state index in [-0.39, 0.29) is 0 Å². The van der Waals surface area contributed by atoms with Gasteiger partial charge in [0.2, 0.25) is 0 Å². The van der Waals surface area contributed by atoms with Gasteiger partial charge in [-0.05, 0) is 31.3 Å². The highest BCUT2D eigenvalue weighted by molar-refractivity contribution is 6.29. The van der Waals surface area contributed by atoms with E-state index in [1.165, 1.54) is 31.3 Å². The van der Waals surface area contributed by atoms with Crippen LogP contribution in [0.3, 0.4) is 0 Å². The van der Waals surface area contributed by atoms with E-state index >= 15 is 0 Å². The van der Waals surface area contributed by atoms with Crippen molar-refractivity contribution in [3.8, 4) is 0 Å². The Morgan fingerprint density at radius 1 is 1.09 bits per heavy atom. The van der Waals surface area contributed by atoms with E-state index in [1.807, 2.05) is 0 Å². The van der Waals surface area contributed by atoms with Gasteiger partial charge in [-0.25, -0.2) is 0 Å².